The maximum atomic E-state index is 13.3. The number of hydrogen-bond acceptors (Lipinski definition) is 3. The van der Waals surface area contributed by atoms with Crippen molar-refractivity contribution in [2.24, 2.45) is 5.92 Å². The Morgan fingerprint density at radius 1 is 1.17 bits per heavy atom. The highest BCUT2D eigenvalue weighted by Crippen LogP contribution is 2.27. The summed E-state index contributed by atoms with van der Waals surface area (Å²) in [5.41, 5.74) is 4.30. The number of halogens is 2. The van der Waals surface area contributed by atoms with E-state index in [-0.39, 0.29) is 23.8 Å². The van der Waals surface area contributed by atoms with Crippen molar-refractivity contribution in [3.63, 3.8) is 0 Å². The third-order valence-electron chi connectivity index (χ3n) is 5.00. The van der Waals surface area contributed by atoms with Crippen molar-refractivity contribution in [2.45, 2.75) is 39.2 Å². The molecule has 2 aromatic rings. The van der Waals surface area contributed by atoms with Crippen LogP contribution in [0.1, 0.15) is 31.4 Å². The third-order valence-corrected chi connectivity index (χ3v) is 5.00. The molecule has 3 rings (SSSR count). The van der Waals surface area contributed by atoms with E-state index in [9.17, 15) is 23.2 Å². The van der Waals surface area contributed by atoms with Gasteiger partial charge in [-0.15, -0.1) is 0 Å². The second-order valence-corrected chi connectivity index (χ2v) is 7.46. The van der Waals surface area contributed by atoms with E-state index in [0.717, 1.165) is 17.7 Å². The maximum Gasteiger partial charge on any atom is 0.261 e. The van der Waals surface area contributed by atoms with E-state index in [2.05, 4.69) is 10.7 Å². The summed E-state index contributed by atoms with van der Waals surface area (Å²) in [6, 6.07) is 9.19. The van der Waals surface area contributed by atoms with Crippen LogP contribution in [0.25, 0.3) is 0 Å². The van der Waals surface area contributed by atoms with Crippen LogP contribution in [0.3, 0.4) is 0 Å². The Bertz CT molecular complexity index is 960. The molecule has 1 aliphatic rings. The first-order chi connectivity index (χ1) is 14.2. The van der Waals surface area contributed by atoms with Gasteiger partial charge in [0.05, 0.1) is 12.1 Å². The van der Waals surface area contributed by atoms with Gasteiger partial charge in [0.2, 0.25) is 11.8 Å². The summed E-state index contributed by atoms with van der Waals surface area (Å²) in [6.07, 6.45) is 1.10. The molecule has 30 heavy (non-hydrogen) atoms. The summed E-state index contributed by atoms with van der Waals surface area (Å²) >= 11 is 0. The van der Waals surface area contributed by atoms with Gasteiger partial charge in [-0.25, -0.2) is 13.8 Å². The molecule has 0 aliphatic carbocycles. The molecule has 0 saturated heterocycles. The topological polar surface area (TPSA) is 78.5 Å². The molecule has 0 aromatic heterocycles. The molecule has 2 aromatic carbocycles. The van der Waals surface area contributed by atoms with Crippen molar-refractivity contribution in [2.75, 3.05) is 5.01 Å². The first-order valence-corrected chi connectivity index (χ1v) is 9.71. The summed E-state index contributed by atoms with van der Waals surface area (Å²) in [7, 11) is 0. The number of aryl methyl sites for hydroxylation is 1. The van der Waals surface area contributed by atoms with E-state index in [4.69, 9.17) is 0 Å². The fourth-order valence-electron chi connectivity index (χ4n) is 3.35. The molecule has 2 atom stereocenters. The largest absolute Gasteiger partial charge is 0.344 e. The van der Waals surface area contributed by atoms with E-state index in [1.165, 1.54) is 11.9 Å². The normalized spacial score (nSPS) is 17.0. The molecule has 2 N–H and O–H groups in total. The minimum Gasteiger partial charge on any atom is -0.344 e. The van der Waals surface area contributed by atoms with E-state index >= 15 is 0 Å². The number of carbonyl (C=O) groups excluding carboxylic acids is 3. The van der Waals surface area contributed by atoms with Crippen molar-refractivity contribution in [3.8, 4) is 0 Å². The molecule has 0 bridgehead atoms. The number of rotatable bonds is 5. The van der Waals surface area contributed by atoms with Gasteiger partial charge in [-0.2, -0.15) is 0 Å². The summed E-state index contributed by atoms with van der Waals surface area (Å²) in [5, 5.41) is 3.72. The van der Waals surface area contributed by atoms with Crippen LogP contribution in [-0.4, -0.2) is 23.8 Å². The Balaban J connectivity index is 1.67. The minimum atomic E-state index is -0.963. The number of para-hydroxylation sites is 1. The van der Waals surface area contributed by atoms with E-state index in [0.29, 0.717) is 24.6 Å². The average molecular weight is 415 g/mol. The van der Waals surface area contributed by atoms with Crippen LogP contribution in [0.15, 0.2) is 42.5 Å². The van der Waals surface area contributed by atoms with Gasteiger partial charge < -0.3 is 5.32 Å². The van der Waals surface area contributed by atoms with Crippen LogP contribution in [0, 0.1) is 17.6 Å². The van der Waals surface area contributed by atoms with Crippen LogP contribution < -0.4 is 15.8 Å². The van der Waals surface area contributed by atoms with Gasteiger partial charge in [-0.05, 0) is 49.1 Å². The summed E-state index contributed by atoms with van der Waals surface area (Å²) in [4.78, 5) is 37.6. The van der Waals surface area contributed by atoms with Crippen molar-refractivity contribution >= 4 is 23.4 Å². The number of hydrogen-bond donors (Lipinski definition) is 2. The van der Waals surface area contributed by atoms with Crippen LogP contribution in [0.4, 0.5) is 14.5 Å². The number of carbonyl (C=O) groups is 3. The molecule has 3 amide bonds. The molecule has 1 heterocycles. The Morgan fingerprint density at radius 3 is 2.53 bits per heavy atom. The molecule has 8 heteroatoms. The molecule has 0 radical (unpaired) electrons. The number of benzene rings is 2. The lowest BCUT2D eigenvalue weighted by Crippen LogP contribution is -2.54. The minimum absolute atomic E-state index is 0.156. The molecule has 1 aliphatic heterocycles. The Hall–Kier alpha value is -3.29. The highest BCUT2D eigenvalue weighted by molar-refractivity contribution is 6.00. The van der Waals surface area contributed by atoms with E-state index in [1.807, 2.05) is 12.1 Å². The second-order valence-electron chi connectivity index (χ2n) is 7.46. The van der Waals surface area contributed by atoms with Crippen molar-refractivity contribution in [1.82, 2.24) is 10.7 Å². The van der Waals surface area contributed by atoms with E-state index in [1.54, 1.807) is 19.1 Å². The number of anilines is 1. The molecule has 0 spiro atoms. The lowest BCUT2D eigenvalue weighted by molar-refractivity contribution is -0.130. The standard InChI is InChI=1S/C22H23F2N3O3/c1-13-7-8-16-5-3-4-6-19(16)27(22(13)30)26-21(29)14(2)25-20(28)11-15-9-17(23)12-18(24)10-15/h3-6,9-10,12-14H,7-8,11H2,1-2H3,(H,25,28)(H,26,29)/t13?,14-/m0/s1. The molecule has 6 nitrogen and oxygen atoms in total. The molecular weight excluding hydrogens is 392 g/mol. The maximum absolute atomic E-state index is 13.3. The highest BCUT2D eigenvalue weighted by Gasteiger charge is 2.30. The highest BCUT2D eigenvalue weighted by atomic mass is 19.1. The number of nitrogens with one attached hydrogen (secondary N) is 2. The predicted octanol–water partition coefficient (Wildman–Crippen LogP) is 2.66. The Kier molecular flexibility index (Phi) is 6.44. The first kappa shape index (κ1) is 21.4. The Morgan fingerprint density at radius 2 is 1.83 bits per heavy atom. The van der Waals surface area contributed by atoms with Gasteiger partial charge in [0.25, 0.3) is 5.91 Å². The molecule has 158 valence electrons. The second kappa shape index (κ2) is 9.02. The van der Waals surface area contributed by atoms with Crippen LogP contribution in [-0.2, 0) is 27.2 Å². The number of amides is 3. The van der Waals surface area contributed by atoms with Gasteiger partial charge in [0.1, 0.15) is 17.7 Å². The lowest BCUT2D eigenvalue weighted by atomic mass is 10.0. The zero-order valence-electron chi connectivity index (χ0n) is 16.7. The fourth-order valence-corrected chi connectivity index (χ4v) is 3.35. The van der Waals surface area contributed by atoms with Crippen molar-refractivity contribution < 1.29 is 23.2 Å². The molecular formula is C22H23F2N3O3. The molecule has 0 saturated carbocycles. The average Bonchev–Trinajstić information content (AvgIpc) is 2.79. The lowest BCUT2D eigenvalue weighted by Gasteiger charge is -2.26. The van der Waals surface area contributed by atoms with E-state index < -0.39 is 29.5 Å². The van der Waals surface area contributed by atoms with Gasteiger partial charge >= 0.3 is 0 Å². The molecule has 0 fully saturated rings. The SMILES string of the molecule is CC1CCc2ccccc2N(NC(=O)[C@H](C)NC(=O)Cc2cc(F)cc(F)c2)C1=O. The van der Waals surface area contributed by atoms with Crippen molar-refractivity contribution in [1.29, 1.82) is 0 Å². The smallest absolute Gasteiger partial charge is 0.261 e. The van der Waals surface area contributed by atoms with Gasteiger partial charge in [-0.1, -0.05) is 25.1 Å². The van der Waals surface area contributed by atoms with Crippen molar-refractivity contribution in [3.05, 3.63) is 65.2 Å². The summed E-state index contributed by atoms with van der Waals surface area (Å²) < 4.78 is 26.6. The number of fused-ring (bicyclic) bond motifs is 1. The summed E-state index contributed by atoms with van der Waals surface area (Å²) in [5.74, 6) is -3.22. The van der Waals surface area contributed by atoms with Crippen LogP contribution in [0.5, 0.6) is 0 Å². The first-order valence-electron chi connectivity index (χ1n) is 9.71. The summed E-state index contributed by atoms with van der Waals surface area (Å²) in [6.45, 7) is 3.27. The zero-order chi connectivity index (χ0) is 21.8. The quantitative estimate of drug-likeness (QED) is 0.788. The zero-order valence-corrected chi connectivity index (χ0v) is 16.7. The van der Waals surface area contributed by atoms with Crippen LogP contribution in [0.2, 0.25) is 0 Å². The van der Waals surface area contributed by atoms with Crippen LogP contribution >= 0.6 is 0 Å². The number of nitrogens with zero attached hydrogens (tertiary/aromatic N) is 1. The third kappa shape index (κ3) is 5.00. The van der Waals surface area contributed by atoms with Gasteiger partial charge in [0.15, 0.2) is 0 Å². The Labute approximate surface area is 173 Å². The number of hydrazine groups is 1. The molecule has 1 unspecified atom stereocenters. The van der Waals surface area contributed by atoms with Gasteiger partial charge in [-0.3, -0.25) is 19.8 Å². The fraction of sp³-hybridized carbons (Fsp3) is 0.318. The van der Waals surface area contributed by atoms with Gasteiger partial charge in [0, 0.05) is 12.0 Å². The monoisotopic (exact) mass is 415 g/mol. The predicted molar refractivity (Wildman–Crippen MR) is 107 cm³/mol.